The first-order chi connectivity index (χ1) is 7.22. The molecule has 1 aromatic heterocycles. The van der Waals surface area contributed by atoms with Crippen molar-refractivity contribution in [3.8, 4) is 0 Å². The Kier molecular flexibility index (Phi) is 3.10. The van der Waals surface area contributed by atoms with Gasteiger partial charge in [0.25, 0.3) is 0 Å². The van der Waals surface area contributed by atoms with Crippen LogP contribution >= 0.6 is 0 Å². The Morgan fingerprint density at radius 2 is 2.40 bits per heavy atom. The van der Waals surface area contributed by atoms with E-state index in [9.17, 15) is 0 Å². The Morgan fingerprint density at radius 3 is 3.07 bits per heavy atom. The fourth-order valence-corrected chi connectivity index (χ4v) is 2.47. The standard InChI is InChI=1S/C12H21N3/c1-9(2)12-14-7-11-4-3-10(5-6-13)8-15(11)12/h7,9-10H,3-6,8,13H2,1-2H3. The summed E-state index contributed by atoms with van der Waals surface area (Å²) in [5.74, 6) is 2.52. The first-order valence-electron chi connectivity index (χ1n) is 5.96. The number of hydrogen-bond donors (Lipinski definition) is 1. The second kappa shape index (κ2) is 4.35. The summed E-state index contributed by atoms with van der Waals surface area (Å²) in [6.45, 7) is 6.36. The number of nitrogens with zero attached hydrogens (tertiary/aromatic N) is 2. The first kappa shape index (κ1) is 10.7. The van der Waals surface area contributed by atoms with Crippen LogP contribution in [0.15, 0.2) is 6.20 Å². The quantitative estimate of drug-likeness (QED) is 0.823. The lowest BCUT2D eigenvalue weighted by atomic mass is 9.95. The molecule has 1 aliphatic heterocycles. The van der Waals surface area contributed by atoms with E-state index in [2.05, 4.69) is 23.4 Å². The van der Waals surface area contributed by atoms with Crippen LogP contribution in [0.5, 0.6) is 0 Å². The van der Waals surface area contributed by atoms with Gasteiger partial charge in [-0.25, -0.2) is 4.98 Å². The van der Waals surface area contributed by atoms with E-state index in [4.69, 9.17) is 5.73 Å². The van der Waals surface area contributed by atoms with Crippen molar-refractivity contribution in [1.82, 2.24) is 9.55 Å². The average Bonchev–Trinajstić information content (AvgIpc) is 2.61. The summed E-state index contributed by atoms with van der Waals surface area (Å²) >= 11 is 0. The number of aromatic nitrogens is 2. The van der Waals surface area contributed by atoms with Crippen molar-refractivity contribution >= 4 is 0 Å². The molecular weight excluding hydrogens is 186 g/mol. The predicted molar refractivity (Wildman–Crippen MR) is 61.8 cm³/mol. The van der Waals surface area contributed by atoms with Crippen molar-refractivity contribution in [3.63, 3.8) is 0 Å². The third kappa shape index (κ3) is 2.07. The van der Waals surface area contributed by atoms with Crippen LogP contribution in [-0.2, 0) is 13.0 Å². The van der Waals surface area contributed by atoms with E-state index in [0.29, 0.717) is 5.92 Å². The summed E-state index contributed by atoms with van der Waals surface area (Å²) in [4.78, 5) is 4.52. The van der Waals surface area contributed by atoms with E-state index in [1.165, 1.54) is 24.4 Å². The maximum Gasteiger partial charge on any atom is 0.111 e. The van der Waals surface area contributed by atoms with Crippen molar-refractivity contribution in [2.75, 3.05) is 6.54 Å². The highest BCUT2D eigenvalue weighted by atomic mass is 15.1. The molecule has 0 bridgehead atoms. The lowest BCUT2D eigenvalue weighted by molar-refractivity contribution is 0.344. The predicted octanol–water partition coefficient (Wildman–Crippen LogP) is 1.92. The number of imidazole rings is 1. The highest BCUT2D eigenvalue weighted by Crippen LogP contribution is 2.26. The van der Waals surface area contributed by atoms with Crippen molar-refractivity contribution < 1.29 is 0 Å². The topological polar surface area (TPSA) is 43.8 Å². The lowest BCUT2D eigenvalue weighted by Crippen LogP contribution is -2.23. The zero-order chi connectivity index (χ0) is 10.8. The SMILES string of the molecule is CC(C)c1ncc2n1CC(CCN)CC2. The van der Waals surface area contributed by atoms with E-state index in [0.717, 1.165) is 25.4 Å². The van der Waals surface area contributed by atoms with Crippen LogP contribution in [-0.4, -0.2) is 16.1 Å². The molecule has 3 nitrogen and oxygen atoms in total. The Hall–Kier alpha value is -0.830. The van der Waals surface area contributed by atoms with Crippen LogP contribution in [0.1, 0.15) is 44.1 Å². The molecular formula is C12H21N3. The Morgan fingerprint density at radius 1 is 1.60 bits per heavy atom. The van der Waals surface area contributed by atoms with Gasteiger partial charge in [-0.05, 0) is 31.7 Å². The Labute approximate surface area is 91.7 Å². The van der Waals surface area contributed by atoms with Crippen molar-refractivity contribution in [1.29, 1.82) is 0 Å². The van der Waals surface area contributed by atoms with Gasteiger partial charge in [0.15, 0.2) is 0 Å². The van der Waals surface area contributed by atoms with Gasteiger partial charge in [-0.3, -0.25) is 0 Å². The molecule has 0 aromatic carbocycles. The fraction of sp³-hybridized carbons (Fsp3) is 0.750. The number of fused-ring (bicyclic) bond motifs is 1. The molecule has 1 aromatic rings. The first-order valence-corrected chi connectivity index (χ1v) is 5.96. The average molecular weight is 207 g/mol. The maximum absolute atomic E-state index is 5.63. The van der Waals surface area contributed by atoms with Crippen molar-refractivity contribution in [3.05, 3.63) is 17.7 Å². The highest BCUT2D eigenvalue weighted by molar-refractivity contribution is 5.11. The van der Waals surface area contributed by atoms with Crippen LogP contribution in [0.25, 0.3) is 0 Å². The van der Waals surface area contributed by atoms with Gasteiger partial charge in [0.1, 0.15) is 5.82 Å². The van der Waals surface area contributed by atoms with Gasteiger partial charge in [0.2, 0.25) is 0 Å². The Bertz CT molecular complexity index is 328. The van der Waals surface area contributed by atoms with Gasteiger partial charge in [-0.15, -0.1) is 0 Å². The maximum atomic E-state index is 5.63. The molecule has 2 N–H and O–H groups in total. The highest BCUT2D eigenvalue weighted by Gasteiger charge is 2.21. The molecule has 1 aliphatic rings. The van der Waals surface area contributed by atoms with E-state index in [1.54, 1.807) is 0 Å². The fourth-order valence-electron chi connectivity index (χ4n) is 2.47. The summed E-state index contributed by atoms with van der Waals surface area (Å²) < 4.78 is 2.41. The second-order valence-corrected chi connectivity index (χ2v) is 4.86. The van der Waals surface area contributed by atoms with Gasteiger partial charge in [-0.1, -0.05) is 13.8 Å². The molecule has 0 saturated carbocycles. The van der Waals surface area contributed by atoms with Gasteiger partial charge >= 0.3 is 0 Å². The summed E-state index contributed by atoms with van der Waals surface area (Å²) in [6, 6.07) is 0. The van der Waals surface area contributed by atoms with Crippen molar-refractivity contribution in [2.24, 2.45) is 11.7 Å². The molecule has 2 rings (SSSR count). The summed E-state index contributed by atoms with van der Waals surface area (Å²) in [5, 5.41) is 0. The zero-order valence-electron chi connectivity index (χ0n) is 9.74. The van der Waals surface area contributed by atoms with Crippen LogP contribution in [0.2, 0.25) is 0 Å². The summed E-state index contributed by atoms with van der Waals surface area (Å²) in [5.41, 5.74) is 7.04. The molecule has 2 heterocycles. The molecule has 0 radical (unpaired) electrons. The minimum absolute atomic E-state index is 0.523. The molecule has 15 heavy (non-hydrogen) atoms. The third-order valence-electron chi connectivity index (χ3n) is 3.31. The van der Waals surface area contributed by atoms with Gasteiger partial charge in [0, 0.05) is 24.4 Å². The summed E-state index contributed by atoms with van der Waals surface area (Å²) in [7, 11) is 0. The number of hydrogen-bond acceptors (Lipinski definition) is 2. The molecule has 0 saturated heterocycles. The van der Waals surface area contributed by atoms with Crippen LogP contribution in [0, 0.1) is 5.92 Å². The molecule has 3 heteroatoms. The van der Waals surface area contributed by atoms with Crippen LogP contribution in [0.3, 0.4) is 0 Å². The van der Waals surface area contributed by atoms with Crippen LogP contribution < -0.4 is 5.73 Å². The van der Waals surface area contributed by atoms with Gasteiger partial charge < -0.3 is 10.3 Å². The molecule has 1 atom stereocenters. The molecule has 0 spiro atoms. The molecule has 0 fully saturated rings. The minimum atomic E-state index is 0.523. The lowest BCUT2D eigenvalue weighted by Gasteiger charge is -2.25. The van der Waals surface area contributed by atoms with E-state index < -0.39 is 0 Å². The van der Waals surface area contributed by atoms with E-state index in [1.807, 2.05) is 6.20 Å². The normalized spacial score (nSPS) is 20.7. The summed E-state index contributed by atoms with van der Waals surface area (Å²) in [6.07, 6.45) is 5.65. The molecule has 0 aliphatic carbocycles. The third-order valence-corrected chi connectivity index (χ3v) is 3.31. The second-order valence-electron chi connectivity index (χ2n) is 4.86. The smallest absolute Gasteiger partial charge is 0.111 e. The monoisotopic (exact) mass is 207 g/mol. The molecule has 1 unspecified atom stereocenters. The van der Waals surface area contributed by atoms with Crippen molar-refractivity contribution in [2.45, 2.75) is 45.6 Å². The zero-order valence-corrected chi connectivity index (χ0v) is 9.74. The number of rotatable bonds is 3. The Balaban J connectivity index is 2.18. The number of aryl methyl sites for hydroxylation is 1. The molecule has 84 valence electrons. The molecule has 0 amide bonds. The van der Waals surface area contributed by atoms with Gasteiger partial charge in [-0.2, -0.15) is 0 Å². The largest absolute Gasteiger partial charge is 0.332 e. The minimum Gasteiger partial charge on any atom is -0.332 e. The van der Waals surface area contributed by atoms with Gasteiger partial charge in [0.05, 0.1) is 0 Å². The van der Waals surface area contributed by atoms with E-state index in [-0.39, 0.29) is 0 Å². The van der Waals surface area contributed by atoms with E-state index >= 15 is 0 Å². The van der Waals surface area contributed by atoms with Crippen LogP contribution in [0.4, 0.5) is 0 Å². The number of nitrogens with two attached hydrogens (primary N) is 1.